The molecule has 1 aromatic carbocycles. The van der Waals surface area contributed by atoms with Crippen molar-refractivity contribution in [3.05, 3.63) is 56.7 Å². The lowest BCUT2D eigenvalue weighted by Crippen LogP contribution is -2.52. The van der Waals surface area contributed by atoms with Crippen molar-refractivity contribution in [3.63, 3.8) is 0 Å². The normalized spacial score (nSPS) is 26.2. The first-order valence-corrected chi connectivity index (χ1v) is 22.8. The molecule has 0 spiro atoms. The molecule has 5 atom stereocenters. The van der Waals surface area contributed by atoms with Gasteiger partial charge >= 0.3 is 0 Å². The van der Waals surface area contributed by atoms with Gasteiger partial charge in [-0.1, -0.05) is 25.0 Å². The number of ether oxygens (including phenoxy) is 3. The summed E-state index contributed by atoms with van der Waals surface area (Å²) < 4.78 is 47.0. The van der Waals surface area contributed by atoms with E-state index in [0.717, 1.165) is 24.1 Å². The highest BCUT2D eigenvalue weighted by molar-refractivity contribution is 9.10. The van der Waals surface area contributed by atoms with E-state index in [1.807, 2.05) is 45.1 Å². The molecular weight excluding hydrogens is 837 g/mol. The topological polar surface area (TPSA) is 170 Å². The summed E-state index contributed by atoms with van der Waals surface area (Å²) in [5.74, 6) is -0.833. The van der Waals surface area contributed by atoms with Gasteiger partial charge in [-0.25, -0.2) is 13.4 Å². The monoisotopic (exact) mass is 884 g/mol. The molecule has 57 heavy (non-hydrogen) atoms. The van der Waals surface area contributed by atoms with Gasteiger partial charge in [0.15, 0.2) is 5.78 Å². The van der Waals surface area contributed by atoms with Crippen LogP contribution in [0.2, 0.25) is 0 Å². The number of allylic oxidation sites excluding steroid dienone is 2. The van der Waals surface area contributed by atoms with E-state index in [4.69, 9.17) is 19.2 Å². The van der Waals surface area contributed by atoms with Crippen LogP contribution in [0.5, 0.6) is 17.4 Å². The number of Topliss-reactive ketones (excluding diaryl/α,β-unsaturated/α-hetero) is 1. The SMILES string of the molecule is COc1ccc2c(O[C@@H]3C[C@H]4C(=O)C[C@]5(C(=O)NS(=O)(=O)C6CC6)C[C@H]5/C=C\CCCCC[C@H](NC(=O)c5ccc(C)s5)C(=O)N4C3)cc(OC(C)C)nc2c1Br. The van der Waals surface area contributed by atoms with E-state index in [2.05, 4.69) is 26.0 Å². The predicted molar refractivity (Wildman–Crippen MR) is 219 cm³/mol. The second kappa shape index (κ2) is 16.7. The fraction of sp³-hybridized carbons (Fsp3) is 0.537. The van der Waals surface area contributed by atoms with Crippen molar-refractivity contribution >= 4 is 71.7 Å². The lowest BCUT2D eigenvalue weighted by Gasteiger charge is -2.29. The van der Waals surface area contributed by atoms with Gasteiger partial charge < -0.3 is 24.4 Å². The van der Waals surface area contributed by atoms with Crippen LogP contribution in [0, 0.1) is 18.3 Å². The number of rotatable bonds is 10. The van der Waals surface area contributed by atoms with E-state index >= 15 is 0 Å². The molecule has 0 bridgehead atoms. The smallest absolute Gasteiger partial charge is 0.262 e. The standard InChI is InChI=1S/C41H49BrN4O9S2/c1-23(2)54-35-19-33(28-15-16-32(53-4)36(42)37(28)44-35)55-26-18-30-31(47)21-41(40(50)45-57(51,52)27-13-14-27)20-25(41)10-8-6-5-7-9-11-29(39(49)46(30)22-26)43-38(48)34-17-12-24(3)56-34/h8,10,12,15-17,19,23,25-27,29-30H,5-7,9,11,13-14,18,20-22H2,1-4H3,(H,43,48)(H,45,50)/b10-8-/t25-,26-,29+,30+,41-/m1/s1. The third-order valence-electron chi connectivity index (χ3n) is 11.2. The van der Waals surface area contributed by atoms with Crippen LogP contribution < -0.4 is 24.2 Å². The summed E-state index contributed by atoms with van der Waals surface area (Å²) in [7, 11) is -2.30. The van der Waals surface area contributed by atoms with Crippen LogP contribution in [0.15, 0.2) is 47.0 Å². The predicted octanol–water partition coefficient (Wildman–Crippen LogP) is 6.40. The molecule has 2 aliphatic carbocycles. The molecule has 0 unspecified atom stereocenters. The van der Waals surface area contributed by atoms with E-state index < -0.39 is 50.7 Å². The molecule has 2 saturated carbocycles. The Hall–Kier alpha value is -4.02. The van der Waals surface area contributed by atoms with Gasteiger partial charge in [0.2, 0.25) is 27.7 Å². The van der Waals surface area contributed by atoms with Gasteiger partial charge in [0.25, 0.3) is 5.91 Å². The third kappa shape index (κ3) is 9.02. The molecule has 2 aliphatic heterocycles. The Morgan fingerprint density at radius 3 is 2.56 bits per heavy atom. The molecule has 7 rings (SSSR count). The molecule has 16 heteroatoms. The zero-order chi connectivity index (χ0) is 40.6. The summed E-state index contributed by atoms with van der Waals surface area (Å²) in [5.41, 5.74) is -0.722. The minimum Gasteiger partial charge on any atom is -0.495 e. The molecule has 306 valence electrons. The Kier molecular flexibility index (Phi) is 12.0. The first-order chi connectivity index (χ1) is 27.2. The highest BCUT2D eigenvalue weighted by atomic mass is 79.9. The minimum atomic E-state index is -3.86. The highest BCUT2D eigenvalue weighted by Crippen LogP contribution is 2.57. The number of hydrogen-bond donors (Lipinski definition) is 2. The lowest BCUT2D eigenvalue weighted by atomic mass is 9.91. The van der Waals surface area contributed by atoms with E-state index in [0.29, 0.717) is 69.7 Å². The zero-order valence-electron chi connectivity index (χ0n) is 32.5. The maximum atomic E-state index is 14.7. The number of pyridine rings is 1. The Morgan fingerprint density at radius 1 is 1.07 bits per heavy atom. The van der Waals surface area contributed by atoms with Gasteiger partial charge in [0.05, 0.1) is 51.3 Å². The fourth-order valence-corrected chi connectivity index (χ4v) is 10.6. The van der Waals surface area contributed by atoms with Crippen molar-refractivity contribution < 1.29 is 41.8 Å². The molecule has 2 N–H and O–H groups in total. The summed E-state index contributed by atoms with van der Waals surface area (Å²) in [5, 5.41) is 3.02. The second-order valence-corrected chi connectivity index (χ2v) is 19.9. The Labute approximate surface area is 345 Å². The number of sulfonamides is 1. The summed E-state index contributed by atoms with van der Waals surface area (Å²) in [6, 6.07) is 6.96. The second-order valence-electron chi connectivity index (χ2n) is 15.9. The van der Waals surface area contributed by atoms with Gasteiger partial charge in [-0.05, 0) is 105 Å². The minimum absolute atomic E-state index is 0.0276. The average molecular weight is 886 g/mol. The van der Waals surface area contributed by atoms with E-state index in [-0.39, 0.29) is 43.1 Å². The fourth-order valence-electron chi connectivity index (χ4n) is 7.90. The zero-order valence-corrected chi connectivity index (χ0v) is 35.8. The summed E-state index contributed by atoms with van der Waals surface area (Å²) in [6.07, 6.45) is 7.60. The summed E-state index contributed by atoms with van der Waals surface area (Å²) in [4.78, 5) is 64.4. The van der Waals surface area contributed by atoms with Crippen molar-refractivity contribution in [2.75, 3.05) is 13.7 Å². The van der Waals surface area contributed by atoms with Gasteiger partial charge in [0.1, 0.15) is 23.6 Å². The highest BCUT2D eigenvalue weighted by Gasteiger charge is 2.61. The molecule has 4 heterocycles. The molecule has 1 saturated heterocycles. The number of carbonyl (C=O) groups is 4. The number of hydrogen-bond acceptors (Lipinski definition) is 11. The van der Waals surface area contributed by atoms with Crippen molar-refractivity contribution in [2.24, 2.45) is 11.3 Å². The van der Waals surface area contributed by atoms with E-state index in [1.165, 1.54) is 16.2 Å². The lowest BCUT2D eigenvalue weighted by molar-refractivity contribution is -0.140. The number of nitrogens with zero attached hydrogens (tertiary/aromatic N) is 2. The number of nitrogens with one attached hydrogen (secondary N) is 2. The van der Waals surface area contributed by atoms with Crippen LogP contribution >= 0.6 is 27.3 Å². The van der Waals surface area contributed by atoms with Crippen molar-refractivity contribution in [1.29, 1.82) is 0 Å². The number of aromatic nitrogens is 1. The third-order valence-corrected chi connectivity index (χ3v) is 14.8. The van der Waals surface area contributed by atoms with Crippen LogP contribution in [0.4, 0.5) is 0 Å². The van der Waals surface area contributed by atoms with Crippen molar-refractivity contribution in [1.82, 2.24) is 19.9 Å². The molecule has 3 fully saturated rings. The van der Waals surface area contributed by atoms with Gasteiger partial charge in [-0.15, -0.1) is 11.3 Å². The van der Waals surface area contributed by atoms with Crippen molar-refractivity contribution in [3.8, 4) is 17.4 Å². The number of halogens is 1. The Balaban J connectivity index is 1.23. The van der Waals surface area contributed by atoms with Crippen LogP contribution in [0.25, 0.3) is 10.9 Å². The number of fused-ring (bicyclic) bond motifs is 3. The largest absolute Gasteiger partial charge is 0.495 e. The first kappa shape index (κ1) is 41.2. The van der Waals surface area contributed by atoms with E-state index in [9.17, 15) is 27.6 Å². The van der Waals surface area contributed by atoms with Crippen molar-refractivity contribution in [2.45, 2.75) is 115 Å². The maximum Gasteiger partial charge on any atom is 0.262 e. The number of aryl methyl sites for hydroxylation is 1. The van der Waals surface area contributed by atoms with Crippen LogP contribution in [-0.4, -0.2) is 85.0 Å². The maximum absolute atomic E-state index is 14.7. The van der Waals surface area contributed by atoms with Gasteiger partial charge in [-0.3, -0.25) is 23.9 Å². The molecule has 2 aromatic heterocycles. The number of thiophene rings is 1. The molecule has 0 radical (unpaired) electrons. The molecule has 4 aliphatic rings. The molecular formula is C41H49BrN4O9S2. The average Bonchev–Trinajstić information content (AvgIpc) is 4.05. The van der Waals surface area contributed by atoms with Crippen LogP contribution in [0.3, 0.4) is 0 Å². The summed E-state index contributed by atoms with van der Waals surface area (Å²) >= 11 is 4.95. The quantitative estimate of drug-likeness (QED) is 0.217. The number of methoxy groups -OCH3 is 1. The number of carbonyl (C=O) groups excluding carboxylic acids is 4. The first-order valence-electron chi connectivity index (χ1n) is 19.6. The van der Waals surface area contributed by atoms with Gasteiger partial charge in [0, 0.05) is 29.2 Å². The van der Waals surface area contributed by atoms with Gasteiger partial charge in [-0.2, -0.15) is 0 Å². The summed E-state index contributed by atoms with van der Waals surface area (Å²) in [6.45, 7) is 5.70. The molecule has 13 nitrogen and oxygen atoms in total. The number of amides is 3. The number of ketones is 1. The Morgan fingerprint density at radius 2 is 1.86 bits per heavy atom. The van der Waals surface area contributed by atoms with Crippen LogP contribution in [0.1, 0.15) is 92.6 Å². The Bertz CT molecular complexity index is 2200. The molecule has 3 aromatic rings. The van der Waals surface area contributed by atoms with Crippen LogP contribution in [-0.2, 0) is 24.4 Å². The van der Waals surface area contributed by atoms with E-state index in [1.54, 1.807) is 25.3 Å². The number of benzene rings is 1. The molecule has 3 amide bonds.